The van der Waals surface area contributed by atoms with Crippen molar-refractivity contribution in [3.05, 3.63) is 29.6 Å². The minimum absolute atomic E-state index is 0.284. The fourth-order valence-corrected chi connectivity index (χ4v) is 2.17. The molecule has 0 aliphatic carbocycles. The Kier molecular flexibility index (Phi) is 3.48. The van der Waals surface area contributed by atoms with Crippen molar-refractivity contribution in [1.29, 1.82) is 0 Å². The molecule has 0 fully saturated rings. The first kappa shape index (κ1) is 12.1. The highest BCUT2D eigenvalue weighted by Crippen LogP contribution is 2.17. The number of imidazole rings is 1. The Morgan fingerprint density at radius 2 is 2.18 bits per heavy atom. The van der Waals surface area contributed by atoms with Gasteiger partial charge in [-0.1, -0.05) is 6.07 Å². The fourth-order valence-electron chi connectivity index (χ4n) is 2.17. The van der Waals surface area contributed by atoms with E-state index in [1.807, 2.05) is 0 Å². The van der Waals surface area contributed by atoms with Gasteiger partial charge in [-0.25, -0.2) is 4.98 Å². The third kappa shape index (κ3) is 2.67. The maximum absolute atomic E-state index is 5.76. The van der Waals surface area contributed by atoms with E-state index in [9.17, 15) is 0 Å². The molecule has 0 bridgehead atoms. The number of nitrogens with zero attached hydrogens (tertiary/aromatic N) is 2. The van der Waals surface area contributed by atoms with Crippen LogP contribution in [0.1, 0.15) is 31.2 Å². The van der Waals surface area contributed by atoms with Crippen molar-refractivity contribution in [3.63, 3.8) is 0 Å². The lowest BCUT2D eigenvalue weighted by Gasteiger charge is -2.04. The first-order valence-corrected chi connectivity index (χ1v) is 6.25. The van der Waals surface area contributed by atoms with Crippen LogP contribution in [0.15, 0.2) is 18.2 Å². The predicted octanol–water partition coefficient (Wildman–Crippen LogP) is 2.55. The van der Waals surface area contributed by atoms with Crippen molar-refractivity contribution in [2.75, 3.05) is 0 Å². The Hall–Kier alpha value is -1.35. The number of nitrogens with two attached hydrogens (primary N) is 1. The second kappa shape index (κ2) is 4.88. The van der Waals surface area contributed by atoms with Crippen LogP contribution in [0.5, 0.6) is 0 Å². The van der Waals surface area contributed by atoms with Crippen molar-refractivity contribution < 1.29 is 0 Å². The van der Waals surface area contributed by atoms with Gasteiger partial charge in [-0.15, -0.1) is 0 Å². The molecular weight excluding hydrogens is 210 g/mol. The molecule has 3 nitrogen and oxygen atoms in total. The lowest BCUT2D eigenvalue weighted by atomic mass is 10.1. The third-order valence-electron chi connectivity index (χ3n) is 3.19. The summed E-state index contributed by atoms with van der Waals surface area (Å²) in [6.07, 6.45) is 3.17. The van der Waals surface area contributed by atoms with Gasteiger partial charge in [0.2, 0.25) is 0 Å². The molecule has 0 aliphatic rings. The Morgan fingerprint density at radius 1 is 1.41 bits per heavy atom. The second-order valence-corrected chi connectivity index (χ2v) is 4.95. The zero-order valence-corrected chi connectivity index (χ0v) is 10.9. The molecule has 0 radical (unpaired) electrons. The van der Waals surface area contributed by atoms with Crippen molar-refractivity contribution in [2.45, 2.75) is 39.2 Å². The van der Waals surface area contributed by atoms with Crippen LogP contribution < -0.4 is 5.73 Å². The molecule has 2 N–H and O–H groups in total. The normalized spacial score (nSPS) is 13.2. The molecule has 0 saturated carbocycles. The second-order valence-electron chi connectivity index (χ2n) is 4.95. The van der Waals surface area contributed by atoms with Gasteiger partial charge in [0, 0.05) is 19.5 Å². The zero-order valence-electron chi connectivity index (χ0n) is 10.9. The molecule has 0 amide bonds. The molecule has 1 heterocycles. The average Bonchev–Trinajstić information content (AvgIpc) is 2.55. The smallest absolute Gasteiger partial charge is 0.109 e. The van der Waals surface area contributed by atoms with E-state index in [0.29, 0.717) is 0 Å². The van der Waals surface area contributed by atoms with E-state index in [-0.39, 0.29) is 6.04 Å². The van der Waals surface area contributed by atoms with E-state index < -0.39 is 0 Å². The van der Waals surface area contributed by atoms with Crippen molar-refractivity contribution in [1.82, 2.24) is 9.55 Å². The number of hydrogen-bond acceptors (Lipinski definition) is 2. The van der Waals surface area contributed by atoms with Crippen LogP contribution in [-0.4, -0.2) is 15.6 Å². The summed E-state index contributed by atoms with van der Waals surface area (Å²) < 4.78 is 2.19. The Bertz CT molecular complexity index is 511. The summed E-state index contributed by atoms with van der Waals surface area (Å²) in [6.45, 7) is 4.15. The highest BCUT2D eigenvalue weighted by molar-refractivity contribution is 5.76. The van der Waals surface area contributed by atoms with Crippen LogP contribution in [0.25, 0.3) is 11.0 Å². The van der Waals surface area contributed by atoms with Crippen LogP contribution in [0.2, 0.25) is 0 Å². The molecule has 0 spiro atoms. The van der Waals surface area contributed by atoms with Crippen LogP contribution in [0.4, 0.5) is 0 Å². The minimum Gasteiger partial charge on any atom is -0.331 e. The van der Waals surface area contributed by atoms with E-state index >= 15 is 0 Å². The average molecular weight is 231 g/mol. The monoisotopic (exact) mass is 231 g/mol. The summed E-state index contributed by atoms with van der Waals surface area (Å²) in [5.74, 6) is 1.16. The molecule has 1 unspecified atom stereocenters. The summed E-state index contributed by atoms with van der Waals surface area (Å²) in [7, 11) is 2.09. The van der Waals surface area contributed by atoms with Crippen LogP contribution in [0.3, 0.4) is 0 Å². The lowest BCUT2D eigenvalue weighted by molar-refractivity contribution is 0.607. The SMILES string of the molecule is Cc1ccc2c(c1)nc(CCCC(C)N)n2C. The van der Waals surface area contributed by atoms with Gasteiger partial charge in [0.15, 0.2) is 0 Å². The quantitative estimate of drug-likeness (QED) is 0.878. The number of aryl methyl sites for hydroxylation is 3. The third-order valence-corrected chi connectivity index (χ3v) is 3.19. The van der Waals surface area contributed by atoms with Gasteiger partial charge >= 0.3 is 0 Å². The van der Waals surface area contributed by atoms with E-state index in [4.69, 9.17) is 10.7 Å². The number of benzene rings is 1. The summed E-state index contributed by atoms with van der Waals surface area (Å²) in [4.78, 5) is 4.69. The minimum atomic E-state index is 0.284. The maximum atomic E-state index is 5.76. The number of aromatic nitrogens is 2. The van der Waals surface area contributed by atoms with E-state index in [1.54, 1.807) is 0 Å². The van der Waals surface area contributed by atoms with Gasteiger partial charge < -0.3 is 10.3 Å². The van der Waals surface area contributed by atoms with Crippen molar-refractivity contribution in [3.8, 4) is 0 Å². The molecule has 2 aromatic rings. The van der Waals surface area contributed by atoms with Gasteiger partial charge in [-0.2, -0.15) is 0 Å². The Balaban J connectivity index is 2.20. The molecule has 1 aromatic heterocycles. The molecule has 1 aromatic carbocycles. The van der Waals surface area contributed by atoms with Gasteiger partial charge in [0.1, 0.15) is 5.82 Å². The van der Waals surface area contributed by atoms with Crippen molar-refractivity contribution in [2.24, 2.45) is 12.8 Å². The molecular formula is C14H21N3. The van der Waals surface area contributed by atoms with E-state index in [1.165, 1.54) is 11.1 Å². The van der Waals surface area contributed by atoms with E-state index in [2.05, 4.69) is 43.7 Å². The standard InChI is InChI=1S/C14H21N3/c1-10-7-8-13-12(9-10)16-14(17(13)3)6-4-5-11(2)15/h7-9,11H,4-6,15H2,1-3H3. The lowest BCUT2D eigenvalue weighted by Crippen LogP contribution is -2.14. The summed E-state index contributed by atoms with van der Waals surface area (Å²) in [5, 5.41) is 0. The first-order valence-electron chi connectivity index (χ1n) is 6.25. The maximum Gasteiger partial charge on any atom is 0.109 e. The van der Waals surface area contributed by atoms with Gasteiger partial charge in [-0.3, -0.25) is 0 Å². The van der Waals surface area contributed by atoms with Crippen molar-refractivity contribution >= 4 is 11.0 Å². The summed E-state index contributed by atoms with van der Waals surface area (Å²) >= 11 is 0. The number of rotatable bonds is 4. The fraction of sp³-hybridized carbons (Fsp3) is 0.500. The zero-order chi connectivity index (χ0) is 12.4. The largest absolute Gasteiger partial charge is 0.331 e. The number of hydrogen-bond donors (Lipinski definition) is 1. The highest BCUT2D eigenvalue weighted by Gasteiger charge is 2.07. The van der Waals surface area contributed by atoms with Gasteiger partial charge in [0.25, 0.3) is 0 Å². The first-order chi connectivity index (χ1) is 8.08. The molecule has 92 valence electrons. The van der Waals surface area contributed by atoms with E-state index in [0.717, 1.165) is 30.6 Å². The van der Waals surface area contributed by atoms with Crippen LogP contribution in [-0.2, 0) is 13.5 Å². The topological polar surface area (TPSA) is 43.8 Å². The number of fused-ring (bicyclic) bond motifs is 1. The molecule has 3 heteroatoms. The molecule has 0 aliphatic heterocycles. The summed E-state index contributed by atoms with van der Waals surface area (Å²) in [5.41, 5.74) is 9.34. The van der Waals surface area contributed by atoms with Crippen LogP contribution >= 0.6 is 0 Å². The summed E-state index contributed by atoms with van der Waals surface area (Å²) in [6, 6.07) is 6.71. The van der Waals surface area contributed by atoms with Gasteiger partial charge in [0.05, 0.1) is 11.0 Å². The van der Waals surface area contributed by atoms with Gasteiger partial charge in [-0.05, 0) is 44.4 Å². The highest BCUT2D eigenvalue weighted by atomic mass is 15.1. The Morgan fingerprint density at radius 3 is 2.88 bits per heavy atom. The van der Waals surface area contributed by atoms with Crippen LogP contribution in [0, 0.1) is 6.92 Å². The molecule has 17 heavy (non-hydrogen) atoms. The predicted molar refractivity (Wildman–Crippen MR) is 72.0 cm³/mol. The molecule has 0 saturated heterocycles. The molecule has 2 rings (SSSR count). The Labute approximate surface area is 103 Å². The molecule has 1 atom stereocenters.